The van der Waals surface area contributed by atoms with Crippen molar-refractivity contribution >= 4 is 11.7 Å². The van der Waals surface area contributed by atoms with Crippen molar-refractivity contribution in [1.82, 2.24) is 5.32 Å². The zero-order chi connectivity index (χ0) is 13.5. The first-order valence-corrected chi connectivity index (χ1v) is 5.95. The van der Waals surface area contributed by atoms with Crippen molar-refractivity contribution in [2.24, 2.45) is 5.92 Å². The van der Waals surface area contributed by atoms with Gasteiger partial charge in [0, 0.05) is 5.92 Å². The maximum Gasteiger partial charge on any atom is 0.224 e. The highest BCUT2D eigenvalue weighted by atomic mass is 16.5. The standard InChI is InChI=1S/C14H19NO3/c1-10(2)13(16)9-15-14(17)8-11-4-6-12(18-3)7-5-11/h4-7,10H,8-9H2,1-3H3,(H,15,17). The highest BCUT2D eigenvalue weighted by molar-refractivity contribution is 5.87. The Labute approximate surface area is 107 Å². The lowest BCUT2D eigenvalue weighted by Gasteiger charge is -2.07. The SMILES string of the molecule is COc1ccc(CC(=O)NCC(=O)C(C)C)cc1. The van der Waals surface area contributed by atoms with Gasteiger partial charge >= 0.3 is 0 Å². The van der Waals surface area contributed by atoms with E-state index >= 15 is 0 Å². The Morgan fingerprint density at radius 2 is 1.83 bits per heavy atom. The Bertz CT molecular complexity index is 410. The lowest BCUT2D eigenvalue weighted by Crippen LogP contribution is -2.32. The Kier molecular flexibility index (Phi) is 5.36. The number of carbonyl (C=O) groups excluding carboxylic acids is 2. The first-order chi connectivity index (χ1) is 8.52. The molecule has 1 rings (SSSR count). The molecular formula is C14H19NO3. The van der Waals surface area contributed by atoms with Crippen LogP contribution in [0.25, 0.3) is 0 Å². The van der Waals surface area contributed by atoms with Gasteiger partial charge in [0.1, 0.15) is 5.75 Å². The fourth-order valence-electron chi connectivity index (χ4n) is 1.38. The van der Waals surface area contributed by atoms with Crippen LogP contribution in [0.3, 0.4) is 0 Å². The summed E-state index contributed by atoms with van der Waals surface area (Å²) in [6.07, 6.45) is 0.273. The van der Waals surface area contributed by atoms with E-state index in [4.69, 9.17) is 4.74 Å². The lowest BCUT2D eigenvalue weighted by molar-refractivity contribution is -0.126. The van der Waals surface area contributed by atoms with Gasteiger partial charge in [-0.15, -0.1) is 0 Å². The van der Waals surface area contributed by atoms with Gasteiger partial charge in [-0.05, 0) is 17.7 Å². The third kappa shape index (κ3) is 4.57. The van der Waals surface area contributed by atoms with E-state index in [-0.39, 0.29) is 30.6 Å². The van der Waals surface area contributed by atoms with Crippen molar-refractivity contribution < 1.29 is 14.3 Å². The molecule has 4 nitrogen and oxygen atoms in total. The highest BCUT2D eigenvalue weighted by Gasteiger charge is 2.09. The van der Waals surface area contributed by atoms with Crippen LogP contribution in [-0.4, -0.2) is 25.3 Å². The molecule has 98 valence electrons. The number of benzene rings is 1. The summed E-state index contributed by atoms with van der Waals surface area (Å²) in [5.74, 6) is 0.604. The van der Waals surface area contributed by atoms with Gasteiger partial charge in [0.2, 0.25) is 5.91 Å². The molecule has 1 aromatic rings. The first-order valence-electron chi connectivity index (χ1n) is 5.95. The first kappa shape index (κ1) is 14.2. The van der Waals surface area contributed by atoms with Crippen LogP contribution < -0.4 is 10.1 Å². The Morgan fingerprint density at radius 1 is 1.22 bits per heavy atom. The maximum atomic E-state index is 11.6. The van der Waals surface area contributed by atoms with Crippen LogP contribution in [0.4, 0.5) is 0 Å². The summed E-state index contributed by atoms with van der Waals surface area (Å²) in [5.41, 5.74) is 0.894. The van der Waals surface area contributed by atoms with Crippen molar-refractivity contribution in [2.45, 2.75) is 20.3 Å². The predicted octanol–water partition coefficient (Wildman–Crippen LogP) is 1.58. The number of ether oxygens (including phenoxy) is 1. The van der Waals surface area contributed by atoms with E-state index in [0.29, 0.717) is 0 Å². The Morgan fingerprint density at radius 3 is 2.33 bits per heavy atom. The number of Topliss-reactive ketones (excluding diaryl/α,β-unsaturated/α-hetero) is 1. The highest BCUT2D eigenvalue weighted by Crippen LogP contribution is 2.11. The molecule has 0 aliphatic rings. The second-order valence-corrected chi connectivity index (χ2v) is 4.42. The van der Waals surface area contributed by atoms with Crippen LogP contribution in [-0.2, 0) is 16.0 Å². The van der Waals surface area contributed by atoms with Crippen molar-refractivity contribution in [3.63, 3.8) is 0 Å². The molecule has 0 spiro atoms. The van der Waals surface area contributed by atoms with E-state index in [1.807, 2.05) is 38.1 Å². The summed E-state index contributed by atoms with van der Waals surface area (Å²) in [4.78, 5) is 23.0. The molecule has 0 saturated heterocycles. The lowest BCUT2D eigenvalue weighted by atomic mass is 10.1. The molecule has 0 heterocycles. The molecular weight excluding hydrogens is 230 g/mol. The number of amides is 1. The number of rotatable bonds is 6. The Balaban J connectivity index is 2.42. The molecule has 0 bridgehead atoms. The van der Waals surface area contributed by atoms with Gasteiger partial charge in [-0.3, -0.25) is 9.59 Å². The molecule has 0 radical (unpaired) electrons. The number of ketones is 1. The summed E-state index contributed by atoms with van der Waals surface area (Å²) < 4.78 is 5.03. The van der Waals surface area contributed by atoms with Gasteiger partial charge in [-0.25, -0.2) is 0 Å². The smallest absolute Gasteiger partial charge is 0.224 e. The molecule has 0 saturated carbocycles. The molecule has 0 fully saturated rings. The van der Waals surface area contributed by atoms with Crippen molar-refractivity contribution in [1.29, 1.82) is 0 Å². The fourth-order valence-corrected chi connectivity index (χ4v) is 1.38. The molecule has 0 aromatic heterocycles. The molecule has 0 aliphatic heterocycles. The second-order valence-electron chi connectivity index (χ2n) is 4.42. The molecule has 1 aromatic carbocycles. The largest absolute Gasteiger partial charge is 0.497 e. The number of methoxy groups -OCH3 is 1. The van der Waals surface area contributed by atoms with Crippen LogP contribution in [0.5, 0.6) is 5.75 Å². The maximum absolute atomic E-state index is 11.6. The van der Waals surface area contributed by atoms with Gasteiger partial charge < -0.3 is 10.1 Å². The minimum atomic E-state index is -0.144. The van der Waals surface area contributed by atoms with E-state index in [1.54, 1.807) is 7.11 Å². The molecule has 18 heavy (non-hydrogen) atoms. The third-order valence-electron chi connectivity index (χ3n) is 2.63. The molecule has 0 atom stereocenters. The Hall–Kier alpha value is -1.84. The second kappa shape index (κ2) is 6.79. The van der Waals surface area contributed by atoms with Crippen LogP contribution in [0.2, 0.25) is 0 Å². The average molecular weight is 249 g/mol. The van der Waals surface area contributed by atoms with Gasteiger partial charge in [-0.2, -0.15) is 0 Å². The molecule has 4 heteroatoms. The molecule has 1 N–H and O–H groups in total. The van der Waals surface area contributed by atoms with E-state index in [9.17, 15) is 9.59 Å². The average Bonchev–Trinajstić information content (AvgIpc) is 2.36. The molecule has 0 unspecified atom stereocenters. The number of carbonyl (C=O) groups is 2. The van der Waals surface area contributed by atoms with E-state index in [1.165, 1.54) is 0 Å². The monoisotopic (exact) mass is 249 g/mol. The summed E-state index contributed by atoms with van der Waals surface area (Å²) in [6.45, 7) is 3.74. The van der Waals surface area contributed by atoms with Crippen LogP contribution in [0.15, 0.2) is 24.3 Å². The molecule has 0 aliphatic carbocycles. The minimum absolute atomic E-state index is 0.0399. The van der Waals surface area contributed by atoms with E-state index in [2.05, 4.69) is 5.32 Å². The zero-order valence-corrected chi connectivity index (χ0v) is 11.0. The van der Waals surface area contributed by atoms with Gasteiger partial charge in [-0.1, -0.05) is 26.0 Å². The van der Waals surface area contributed by atoms with Gasteiger partial charge in [0.15, 0.2) is 5.78 Å². The zero-order valence-electron chi connectivity index (χ0n) is 11.0. The van der Waals surface area contributed by atoms with Crippen molar-refractivity contribution in [3.8, 4) is 5.75 Å². The van der Waals surface area contributed by atoms with Gasteiger partial charge in [0.05, 0.1) is 20.1 Å². The van der Waals surface area contributed by atoms with E-state index < -0.39 is 0 Å². The van der Waals surface area contributed by atoms with E-state index in [0.717, 1.165) is 11.3 Å². The summed E-state index contributed by atoms with van der Waals surface area (Å²) in [5, 5.41) is 2.62. The summed E-state index contributed by atoms with van der Waals surface area (Å²) in [7, 11) is 1.60. The topological polar surface area (TPSA) is 55.4 Å². The summed E-state index contributed by atoms with van der Waals surface area (Å²) in [6, 6.07) is 7.29. The molecule has 1 amide bonds. The van der Waals surface area contributed by atoms with Crippen LogP contribution in [0.1, 0.15) is 19.4 Å². The number of hydrogen-bond acceptors (Lipinski definition) is 3. The fraction of sp³-hybridized carbons (Fsp3) is 0.429. The third-order valence-corrected chi connectivity index (χ3v) is 2.63. The van der Waals surface area contributed by atoms with Crippen molar-refractivity contribution in [2.75, 3.05) is 13.7 Å². The predicted molar refractivity (Wildman–Crippen MR) is 69.6 cm³/mol. The van der Waals surface area contributed by atoms with Crippen LogP contribution in [0, 0.1) is 5.92 Å². The number of nitrogens with one attached hydrogen (secondary N) is 1. The minimum Gasteiger partial charge on any atom is -0.497 e. The normalized spacial score (nSPS) is 10.2. The van der Waals surface area contributed by atoms with Gasteiger partial charge in [0.25, 0.3) is 0 Å². The van der Waals surface area contributed by atoms with Crippen molar-refractivity contribution in [3.05, 3.63) is 29.8 Å². The quantitative estimate of drug-likeness (QED) is 0.832. The number of hydrogen-bond donors (Lipinski definition) is 1. The van der Waals surface area contributed by atoms with Crippen LogP contribution >= 0.6 is 0 Å². The summed E-state index contributed by atoms with van der Waals surface area (Å²) >= 11 is 0.